The molecule has 1 atom stereocenters. The quantitative estimate of drug-likeness (QED) is 0.476. The van der Waals surface area contributed by atoms with Crippen LogP contribution in [0.4, 0.5) is 5.69 Å². The maximum absolute atomic E-state index is 13.4. The zero-order chi connectivity index (χ0) is 24.4. The zero-order valence-corrected chi connectivity index (χ0v) is 20.5. The van der Waals surface area contributed by atoms with Crippen molar-refractivity contribution >= 4 is 27.5 Å². The number of hydrogen-bond acceptors (Lipinski definition) is 5. The Morgan fingerprint density at radius 2 is 1.79 bits per heavy atom. The van der Waals surface area contributed by atoms with E-state index < -0.39 is 28.5 Å². The molecule has 0 aliphatic carbocycles. The van der Waals surface area contributed by atoms with Crippen LogP contribution in [0.2, 0.25) is 0 Å². The molecule has 180 valence electrons. The number of nitrogens with zero attached hydrogens (tertiary/aromatic N) is 2. The van der Waals surface area contributed by atoms with Crippen LogP contribution in [0.1, 0.15) is 32.3 Å². The predicted octanol–water partition coefficient (Wildman–Crippen LogP) is 2.79. The molecule has 0 aliphatic heterocycles. The van der Waals surface area contributed by atoms with Gasteiger partial charge in [0.05, 0.1) is 19.1 Å². The first-order valence-corrected chi connectivity index (χ1v) is 12.7. The van der Waals surface area contributed by atoms with Gasteiger partial charge in [-0.3, -0.25) is 13.9 Å². The highest BCUT2D eigenvalue weighted by Gasteiger charge is 2.30. The van der Waals surface area contributed by atoms with Gasteiger partial charge in [-0.25, -0.2) is 8.42 Å². The van der Waals surface area contributed by atoms with E-state index in [0.717, 1.165) is 29.0 Å². The van der Waals surface area contributed by atoms with Crippen molar-refractivity contribution in [3.05, 3.63) is 60.2 Å². The van der Waals surface area contributed by atoms with Gasteiger partial charge in [0.15, 0.2) is 0 Å². The highest BCUT2D eigenvalue weighted by Crippen LogP contribution is 2.20. The van der Waals surface area contributed by atoms with Crippen LogP contribution in [0, 0.1) is 0 Å². The van der Waals surface area contributed by atoms with Crippen molar-refractivity contribution in [2.75, 3.05) is 30.8 Å². The largest absolute Gasteiger partial charge is 0.497 e. The van der Waals surface area contributed by atoms with E-state index in [1.807, 2.05) is 13.0 Å². The number of methoxy groups -OCH3 is 1. The molecule has 33 heavy (non-hydrogen) atoms. The molecule has 0 aromatic heterocycles. The van der Waals surface area contributed by atoms with Crippen LogP contribution in [-0.2, 0) is 26.2 Å². The monoisotopic (exact) mass is 475 g/mol. The van der Waals surface area contributed by atoms with Gasteiger partial charge >= 0.3 is 0 Å². The second kappa shape index (κ2) is 12.2. The molecule has 0 bridgehead atoms. The Balaban J connectivity index is 2.33. The molecular formula is C24H33N3O5S. The highest BCUT2D eigenvalue weighted by atomic mass is 32.2. The number of unbranched alkanes of at least 4 members (excludes halogenated alkanes) is 1. The van der Waals surface area contributed by atoms with Gasteiger partial charge in [0.2, 0.25) is 21.8 Å². The molecule has 0 radical (unpaired) electrons. The number of carbonyl (C=O) groups is 2. The zero-order valence-electron chi connectivity index (χ0n) is 19.7. The van der Waals surface area contributed by atoms with Gasteiger partial charge in [-0.05, 0) is 43.2 Å². The van der Waals surface area contributed by atoms with Crippen molar-refractivity contribution < 1.29 is 22.7 Å². The Kier molecular flexibility index (Phi) is 9.72. The summed E-state index contributed by atoms with van der Waals surface area (Å²) in [5.74, 6) is -0.141. The molecular weight excluding hydrogens is 442 g/mol. The number of benzene rings is 2. The molecule has 0 heterocycles. The highest BCUT2D eigenvalue weighted by molar-refractivity contribution is 7.92. The molecule has 0 fully saturated rings. The molecule has 9 heteroatoms. The van der Waals surface area contributed by atoms with Crippen molar-refractivity contribution in [3.8, 4) is 5.75 Å². The van der Waals surface area contributed by atoms with Crippen LogP contribution >= 0.6 is 0 Å². The third kappa shape index (κ3) is 7.78. The van der Waals surface area contributed by atoms with Gasteiger partial charge in [-0.1, -0.05) is 43.7 Å². The number of rotatable bonds is 12. The summed E-state index contributed by atoms with van der Waals surface area (Å²) < 4.78 is 31.3. The molecule has 0 spiro atoms. The van der Waals surface area contributed by atoms with E-state index in [1.54, 1.807) is 62.6 Å². The molecule has 1 N–H and O–H groups in total. The Bertz CT molecular complexity index is 1030. The number of hydrogen-bond donors (Lipinski definition) is 1. The van der Waals surface area contributed by atoms with Crippen LogP contribution in [0.5, 0.6) is 5.75 Å². The first-order chi connectivity index (χ1) is 15.7. The van der Waals surface area contributed by atoms with E-state index in [4.69, 9.17) is 4.74 Å². The van der Waals surface area contributed by atoms with Crippen LogP contribution in [0.25, 0.3) is 0 Å². The number of amides is 2. The number of nitrogens with one attached hydrogen (secondary N) is 1. The first kappa shape index (κ1) is 26.2. The molecule has 2 rings (SSSR count). The molecule has 0 unspecified atom stereocenters. The van der Waals surface area contributed by atoms with Crippen molar-refractivity contribution in [3.63, 3.8) is 0 Å². The average molecular weight is 476 g/mol. The lowest BCUT2D eigenvalue weighted by molar-refractivity contribution is -0.139. The van der Waals surface area contributed by atoms with Gasteiger partial charge < -0.3 is 15.0 Å². The second-order valence-corrected chi connectivity index (χ2v) is 9.71. The third-order valence-electron chi connectivity index (χ3n) is 5.21. The number of anilines is 1. The molecule has 2 aromatic rings. The van der Waals surface area contributed by atoms with Crippen LogP contribution in [-0.4, -0.2) is 57.6 Å². The lowest BCUT2D eigenvalue weighted by atomic mass is 10.1. The Hall–Kier alpha value is -3.07. The number of carbonyl (C=O) groups excluding carboxylic acids is 2. The number of sulfonamides is 1. The molecule has 8 nitrogen and oxygen atoms in total. The van der Waals surface area contributed by atoms with E-state index in [9.17, 15) is 18.0 Å². The summed E-state index contributed by atoms with van der Waals surface area (Å²) in [6.45, 7) is 3.90. The van der Waals surface area contributed by atoms with Gasteiger partial charge in [0.1, 0.15) is 18.3 Å². The van der Waals surface area contributed by atoms with Crippen molar-refractivity contribution in [2.24, 2.45) is 0 Å². The standard InChI is InChI=1S/C24H33N3O5S/c1-5-6-15-25-24(29)19(2)26(17-20-11-10-14-22(16-20)32-3)23(28)18-27(33(4,30)31)21-12-8-7-9-13-21/h7-14,16,19H,5-6,15,17-18H2,1-4H3,(H,25,29)/t19-/m0/s1. The topological polar surface area (TPSA) is 96.0 Å². The Labute approximate surface area is 196 Å². The lowest BCUT2D eigenvalue weighted by Gasteiger charge is -2.31. The molecule has 2 aromatic carbocycles. The summed E-state index contributed by atoms with van der Waals surface area (Å²) in [4.78, 5) is 27.6. The van der Waals surface area contributed by atoms with Crippen molar-refractivity contribution in [2.45, 2.75) is 39.3 Å². The van der Waals surface area contributed by atoms with E-state index in [0.29, 0.717) is 18.0 Å². The van der Waals surface area contributed by atoms with Crippen LogP contribution < -0.4 is 14.4 Å². The summed E-state index contributed by atoms with van der Waals surface area (Å²) in [5, 5.41) is 2.85. The first-order valence-electron chi connectivity index (χ1n) is 10.9. The van der Waals surface area contributed by atoms with E-state index in [2.05, 4.69) is 5.32 Å². The SMILES string of the molecule is CCCCNC(=O)[C@H](C)N(Cc1cccc(OC)c1)C(=O)CN(c1ccccc1)S(C)(=O)=O. The summed E-state index contributed by atoms with van der Waals surface area (Å²) in [6.07, 6.45) is 2.82. The Morgan fingerprint density at radius 3 is 2.39 bits per heavy atom. The predicted molar refractivity (Wildman–Crippen MR) is 130 cm³/mol. The number of para-hydroxylation sites is 1. The van der Waals surface area contributed by atoms with Crippen molar-refractivity contribution in [1.29, 1.82) is 0 Å². The normalized spacial score (nSPS) is 12.0. The van der Waals surface area contributed by atoms with E-state index in [-0.39, 0.29) is 12.5 Å². The van der Waals surface area contributed by atoms with Gasteiger partial charge in [0, 0.05) is 13.1 Å². The van der Waals surface area contributed by atoms with Crippen molar-refractivity contribution in [1.82, 2.24) is 10.2 Å². The maximum Gasteiger partial charge on any atom is 0.244 e. The molecule has 2 amide bonds. The minimum atomic E-state index is -3.73. The third-order valence-corrected chi connectivity index (χ3v) is 6.35. The van der Waals surface area contributed by atoms with E-state index >= 15 is 0 Å². The fourth-order valence-electron chi connectivity index (χ4n) is 3.29. The molecule has 0 saturated heterocycles. The molecule has 0 saturated carbocycles. The average Bonchev–Trinajstić information content (AvgIpc) is 2.80. The lowest BCUT2D eigenvalue weighted by Crippen LogP contribution is -2.51. The number of ether oxygens (including phenoxy) is 1. The summed E-state index contributed by atoms with van der Waals surface area (Å²) in [7, 11) is -2.18. The second-order valence-electron chi connectivity index (χ2n) is 7.80. The summed E-state index contributed by atoms with van der Waals surface area (Å²) in [6, 6.07) is 14.8. The smallest absolute Gasteiger partial charge is 0.244 e. The maximum atomic E-state index is 13.4. The van der Waals surface area contributed by atoms with Crippen LogP contribution in [0.15, 0.2) is 54.6 Å². The Morgan fingerprint density at radius 1 is 1.09 bits per heavy atom. The van der Waals surface area contributed by atoms with Gasteiger partial charge in [-0.15, -0.1) is 0 Å². The minimum absolute atomic E-state index is 0.130. The van der Waals surface area contributed by atoms with Gasteiger partial charge in [-0.2, -0.15) is 0 Å². The molecule has 0 aliphatic rings. The fraction of sp³-hybridized carbons (Fsp3) is 0.417. The summed E-state index contributed by atoms with van der Waals surface area (Å²) >= 11 is 0. The van der Waals surface area contributed by atoms with E-state index in [1.165, 1.54) is 4.90 Å². The van der Waals surface area contributed by atoms with Gasteiger partial charge in [0.25, 0.3) is 0 Å². The minimum Gasteiger partial charge on any atom is -0.497 e. The summed E-state index contributed by atoms with van der Waals surface area (Å²) in [5.41, 5.74) is 1.15. The fourth-order valence-corrected chi connectivity index (χ4v) is 4.14. The van der Waals surface area contributed by atoms with Crippen LogP contribution in [0.3, 0.4) is 0 Å².